The summed E-state index contributed by atoms with van der Waals surface area (Å²) in [5.74, 6) is 0. The van der Waals surface area contributed by atoms with Crippen LogP contribution in [0.25, 0.3) is 38.6 Å². The predicted octanol–water partition coefficient (Wildman–Crippen LogP) is 7.59. The standard InChI is InChI=1S/C30H22N4/c31-19-22-15-16-27-26-13-4-5-14-28(26)34(30(27)29(22)33-24-10-2-1-3-11-24)25-12-6-8-21(18-25)23-9-7-17-32-20-23/h1-20,31,33H. The maximum absolute atomic E-state index is 8.10. The van der Waals surface area contributed by atoms with Crippen LogP contribution in [0.1, 0.15) is 5.56 Å². The molecular formula is C30H22N4. The number of benzene rings is 4. The Kier molecular flexibility index (Phi) is 4.89. The number of hydrogen-bond acceptors (Lipinski definition) is 3. The molecule has 4 heteroatoms. The van der Waals surface area contributed by atoms with E-state index in [1.54, 1.807) is 6.20 Å². The van der Waals surface area contributed by atoms with Crippen molar-refractivity contribution in [2.24, 2.45) is 0 Å². The molecule has 2 heterocycles. The zero-order valence-corrected chi connectivity index (χ0v) is 18.4. The third-order valence-electron chi connectivity index (χ3n) is 6.17. The Labute approximate surface area is 197 Å². The van der Waals surface area contributed by atoms with Gasteiger partial charge in [0.1, 0.15) is 0 Å². The molecule has 162 valence electrons. The average Bonchev–Trinajstić information content (AvgIpc) is 3.25. The monoisotopic (exact) mass is 438 g/mol. The van der Waals surface area contributed by atoms with Gasteiger partial charge < -0.3 is 15.3 Å². The van der Waals surface area contributed by atoms with Crippen LogP contribution in [0.2, 0.25) is 0 Å². The SMILES string of the molecule is N=Cc1ccc2c3ccccc3n(-c3cccc(-c4cccnc4)c3)c2c1Nc1ccccc1. The minimum Gasteiger partial charge on any atom is -0.353 e. The molecule has 0 unspecified atom stereocenters. The second-order valence-corrected chi connectivity index (χ2v) is 8.21. The van der Waals surface area contributed by atoms with Crippen LogP contribution in [0.4, 0.5) is 11.4 Å². The van der Waals surface area contributed by atoms with Crippen LogP contribution in [-0.4, -0.2) is 15.8 Å². The van der Waals surface area contributed by atoms with E-state index in [4.69, 9.17) is 5.41 Å². The Hall–Kier alpha value is -4.70. The Morgan fingerprint density at radius 1 is 0.735 bits per heavy atom. The average molecular weight is 439 g/mol. The van der Waals surface area contributed by atoms with Gasteiger partial charge in [0.15, 0.2) is 0 Å². The number of para-hydroxylation sites is 2. The zero-order valence-electron chi connectivity index (χ0n) is 18.4. The highest BCUT2D eigenvalue weighted by molar-refractivity contribution is 6.16. The van der Waals surface area contributed by atoms with Crippen molar-refractivity contribution >= 4 is 39.4 Å². The van der Waals surface area contributed by atoms with Gasteiger partial charge in [0.2, 0.25) is 0 Å². The smallest absolute Gasteiger partial charge is 0.0783 e. The molecule has 0 spiro atoms. The quantitative estimate of drug-likeness (QED) is 0.272. The van der Waals surface area contributed by atoms with Crippen molar-refractivity contribution in [3.05, 3.63) is 121 Å². The summed E-state index contributed by atoms with van der Waals surface area (Å²) in [6.45, 7) is 0. The number of aromatic nitrogens is 2. The summed E-state index contributed by atoms with van der Waals surface area (Å²) in [7, 11) is 0. The number of rotatable bonds is 5. The predicted molar refractivity (Wildman–Crippen MR) is 142 cm³/mol. The van der Waals surface area contributed by atoms with Crippen molar-refractivity contribution in [1.29, 1.82) is 5.41 Å². The van der Waals surface area contributed by atoms with Gasteiger partial charge in [0, 0.05) is 51.9 Å². The molecule has 0 bridgehead atoms. The molecule has 0 saturated carbocycles. The highest BCUT2D eigenvalue weighted by Crippen LogP contribution is 2.39. The van der Waals surface area contributed by atoms with E-state index < -0.39 is 0 Å². The maximum Gasteiger partial charge on any atom is 0.0783 e. The van der Waals surface area contributed by atoms with Crippen LogP contribution < -0.4 is 5.32 Å². The number of nitrogens with one attached hydrogen (secondary N) is 2. The van der Waals surface area contributed by atoms with E-state index >= 15 is 0 Å². The molecule has 0 saturated heterocycles. The highest BCUT2D eigenvalue weighted by Gasteiger charge is 2.18. The highest BCUT2D eigenvalue weighted by atomic mass is 15.0. The fourth-order valence-corrected chi connectivity index (χ4v) is 4.62. The van der Waals surface area contributed by atoms with Gasteiger partial charge in [-0.2, -0.15) is 0 Å². The molecule has 6 rings (SSSR count). The summed E-state index contributed by atoms with van der Waals surface area (Å²) in [6, 6.07) is 35.3. The largest absolute Gasteiger partial charge is 0.353 e. The van der Waals surface area contributed by atoms with Gasteiger partial charge in [0.25, 0.3) is 0 Å². The lowest BCUT2D eigenvalue weighted by atomic mass is 10.1. The molecule has 2 N–H and O–H groups in total. The van der Waals surface area contributed by atoms with Crippen LogP contribution in [0.15, 0.2) is 116 Å². The molecule has 4 aromatic carbocycles. The summed E-state index contributed by atoms with van der Waals surface area (Å²) in [5, 5.41) is 14.0. The van der Waals surface area contributed by atoms with E-state index in [0.29, 0.717) is 0 Å². The minimum absolute atomic E-state index is 0.837. The zero-order chi connectivity index (χ0) is 22.9. The van der Waals surface area contributed by atoms with Gasteiger partial charge in [-0.05, 0) is 42.0 Å². The van der Waals surface area contributed by atoms with Gasteiger partial charge >= 0.3 is 0 Å². The fourth-order valence-electron chi connectivity index (χ4n) is 4.62. The number of pyridine rings is 1. The molecule has 0 radical (unpaired) electrons. The van der Waals surface area contributed by atoms with Gasteiger partial charge in [-0.25, -0.2) is 0 Å². The Morgan fingerprint density at radius 3 is 2.38 bits per heavy atom. The summed E-state index contributed by atoms with van der Waals surface area (Å²) in [5.41, 5.74) is 8.16. The summed E-state index contributed by atoms with van der Waals surface area (Å²) >= 11 is 0. The van der Waals surface area contributed by atoms with Crippen LogP contribution in [-0.2, 0) is 0 Å². The summed E-state index contributed by atoms with van der Waals surface area (Å²) in [4.78, 5) is 4.30. The molecular weight excluding hydrogens is 416 g/mol. The van der Waals surface area contributed by atoms with E-state index in [0.717, 1.165) is 50.2 Å². The number of fused-ring (bicyclic) bond motifs is 3. The molecule has 34 heavy (non-hydrogen) atoms. The normalized spacial score (nSPS) is 11.1. The molecule has 0 fully saturated rings. The Morgan fingerprint density at radius 2 is 1.56 bits per heavy atom. The first-order valence-corrected chi connectivity index (χ1v) is 11.2. The van der Waals surface area contributed by atoms with E-state index in [1.807, 2.05) is 48.7 Å². The second-order valence-electron chi connectivity index (χ2n) is 8.21. The second kappa shape index (κ2) is 8.34. The maximum atomic E-state index is 8.10. The van der Waals surface area contributed by atoms with Crippen molar-refractivity contribution in [3.8, 4) is 16.8 Å². The third kappa shape index (κ3) is 3.33. The lowest BCUT2D eigenvalue weighted by Crippen LogP contribution is -2.01. The minimum atomic E-state index is 0.837. The summed E-state index contributed by atoms with van der Waals surface area (Å²) < 4.78 is 2.29. The number of nitrogens with zero attached hydrogens (tertiary/aromatic N) is 2. The summed E-state index contributed by atoms with van der Waals surface area (Å²) in [6.07, 6.45) is 5.10. The third-order valence-corrected chi connectivity index (χ3v) is 6.17. The van der Waals surface area contributed by atoms with Gasteiger partial charge in [-0.3, -0.25) is 4.98 Å². The van der Waals surface area contributed by atoms with Gasteiger partial charge in [-0.15, -0.1) is 0 Å². The van der Waals surface area contributed by atoms with E-state index in [1.165, 1.54) is 11.6 Å². The fraction of sp³-hybridized carbons (Fsp3) is 0. The molecule has 6 aromatic rings. The van der Waals surface area contributed by atoms with Gasteiger partial charge in [-0.1, -0.05) is 66.7 Å². The molecule has 0 aliphatic heterocycles. The van der Waals surface area contributed by atoms with Crippen molar-refractivity contribution < 1.29 is 0 Å². The van der Waals surface area contributed by atoms with Crippen molar-refractivity contribution in [1.82, 2.24) is 9.55 Å². The Bertz CT molecular complexity index is 1630. The first-order chi connectivity index (χ1) is 16.8. The molecule has 2 aromatic heterocycles. The van der Waals surface area contributed by atoms with Crippen molar-refractivity contribution in [3.63, 3.8) is 0 Å². The Balaban J connectivity index is 1.67. The topological polar surface area (TPSA) is 53.7 Å². The first-order valence-electron chi connectivity index (χ1n) is 11.2. The van der Waals surface area contributed by atoms with Crippen molar-refractivity contribution in [2.45, 2.75) is 0 Å². The lowest BCUT2D eigenvalue weighted by molar-refractivity contribution is 1.18. The van der Waals surface area contributed by atoms with Crippen LogP contribution in [0.5, 0.6) is 0 Å². The molecule has 0 aliphatic carbocycles. The van der Waals surface area contributed by atoms with E-state index in [2.05, 4.69) is 75.5 Å². The number of hydrogen-bond donors (Lipinski definition) is 2. The molecule has 0 aliphatic rings. The van der Waals surface area contributed by atoms with E-state index in [9.17, 15) is 0 Å². The van der Waals surface area contributed by atoms with Gasteiger partial charge in [0.05, 0.1) is 16.7 Å². The lowest BCUT2D eigenvalue weighted by Gasteiger charge is -2.16. The first kappa shape index (κ1) is 19.9. The van der Waals surface area contributed by atoms with E-state index in [-0.39, 0.29) is 0 Å². The molecule has 0 atom stereocenters. The van der Waals surface area contributed by atoms with Crippen LogP contribution >= 0.6 is 0 Å². The van der Waals surface area contributed by atoms with Crippen LogP contribution in [0.3, 0.4) is 0 Å². The molecule has 0 amide bonds. The molecule has 4 nitrogen and oxygen atoms in total. The number of anilines is 2. The van der Waals surface area contributed by atoms with Crippen LogP contribution in [0, 0.1) is 5.41 Å². The van der Waals surface area contributed by atoms with Crippen molar-refractivity contribution in [2.75, 3.05) is 5.32 Å².